The first-order valence-corrected chi connectivity index (χ1v) is 7.11. The van der Waals surface area contributed by atoms with Crippen LogP contribution >= 0.6 is 27.3 Å². The minimum Gasteiger partial charge on any atom is -0.497 e. The number of nitrogens with zero attached hydrogens (tertiary/aromatic N) is 2. The topological polar surface area (TPSA) is 27.1 Å². The molecule has 0 saturated carbocycles. The van der Waals surface area contributed by atoms with Crippen molar-refractivity contribution in [3.05, 3.63) is 34.1 Å². The Bertz CT molecular complexity index is 717. The molecule has 0 aliphatic rings. The fourth-order valence-corrected chi connectivity index (χ4v) is 3.41. The summed E-state index contributed by atoms with van der Waals surface area (Å²) < 4.78 is 8.42. The van der Waals surface area contributed by atoms with Gasteiger partial charge in [0.2, 0.25) is 0 Å². The summed E-state index contributed by atoms with van der Waals surface area (Å²) in [6.45, 7) is 0. The number of rotatable bonds is 2. The Hall–Kier alpha value is -1.33. The van der Waals surface area contributed by atoms with Gasteiger partial charge in [-0.15, -0.1) is 11.3 Å². The molecule has 1 aromatic carbocycles. The van der Waals surface area contributed by atoms with Crippen LogP contribution in [0.4, 0.5) is 0 Å². The van der Waals surface area contributed by atoms with Crippen LogP contribution in [0.15, 0.2) is 34.1 Å². The summed E-state index contributed by atoms with van der Waals surface area (Å²) in [6.07, 6.45) is 0. The van der Waals surface area contributed by atoms with Crippen LogP contribution in [0.25, 0.3) is 21.7 Å². The van der Waals surface area contributed by atoms with Gasteiger partial charge in [0.1, 0.15) is 5.75 Å². The van der Waals surface area contributed by atoms with Crippen molar-refractivity contribution in [2.24, 2.45) is 7.05 Å². The number of methoxy groups -OCH3 is 1. The van der Waals surface area contributed by atoms with Crippen molar-refractivity contribution in [2.75, 3.05) is 7.11 Å². The first-order valence-electron chi connectivity index (χ1n) is 5.44. The van der Waals surface area contributed by atoms with Crippen LogP contribution in [0, 0.1) is 0 Å². The van der Waals surface area contributed by atoms with Gasteiger partial charge in [-0.1, -0.05) is 0 Å². The van der Waals surface area contributed by atoms with E-state index in [4.69, 9.17) is 4.74 Å². The molecule has 0 fully saturated rings. The first-order chi connectivity index (χ1) is 8.69. The van der Waals surface area contributed by atoms with Gasteiger partial charge in [-0.05, 0) is 34.1 Å². The van der Waals surface area contributed by atoms with Crippen LogP contribution < -0.4 is 4.74 Å². The minimum atomic E-state index is 0.833. The van der Waals surface area contributed by atoms with Crippen LogP contribution in [0.2, 0.25) is 0 Å². The number of aryl methyl sites for hydroxylation is 1. The number of ether oxygens (including phenoxy) is 1. The molecule has 5 heteroatoms. The zero-order valence-electron chi connectivity index (χ0n) is 9.98. The Kier molecular flexibility index (Phi) is 2.87. The molecule has 3 aromatic rings. The van der Waals surface area contributed by atoms with E-state index < -0.39 is 0 Å². The summed E-state index contributed by atoms with van der Waals surface area (Å²) in [4.78, 5) is 5.83. The number of benzene rings is 1. The molecule has 0 amide bonds. The Morgan fingerprint density at radius 3 is 2.83 bits per heavy atom. The van der Waals surface area contributed by atoms with Crippen molar-refractivity contribution in [3.63, 3.8) is 0 Å². The molecule has 92 valence electrons. The van der Waals surface area contributed by atoms with E-state index in [0.29, 0.717) is 0 Å². The Morgan fingerprint density at radius 1 is 1.33 bits per heavy atom. The van der Waals surface area contributed by atoms with Gasteiger partial charge in [0.25, 0.3) is 0 Å². The lowest BCUT2D eigenvalue weighted by Gasteiger charge is -2.00. The summed E-state index contributed by atoms with van der Waals surface area (Å²) in [5.41, 5.74) is 2.06. The van der Waals surface area contributed by atoms with E-state index in [1.165, 1.54) is 0 Å². The van der Waals surface area contributed by atoms with Crippen molar-refractivity contribution in [2.45, 2.75) is 0 Å². The summed E-state index contributed by atoms with van der Waals surface area (Å²) in [7, 11) is 3.70. The van der Waals surface area contributed by atoms with Gasteiger partial charge in [-0.2, -0.15) is 0 Å². The van der Waals surface area contributed by atoms with Crippen molar-refractivity contribution in [1.29, 1.82) is 0 Å². The maximum absolute atomic E-state index is 5.23. The first kappa shape index (κ1) is 11.7. The number of halogens is 1. The molecule has 0 radical (unpaired) electrons. The number of imidazole rings is 1. The molecule has 0 spiro atoms. The average molecular weight is 323 g/mol. The van der Waals surface area contributed by atoms with Crippen LogP contribution in [0.3, 0.4) is 0 Å². The highest BCUT2D eigenvalue weighted by Crippen LogP contribution is 2.31. The third kappa shape index (κ3) is 1.83. The number of hydrogen-bond acceptors (Lipinski definition) is 3. The van der Waals surface area contributed by atoms with E-state index >= 15 is 0 Å². The predicted molar refractivity (Wildman–Crippen MR) is 78.3 cm³/mol. The van der Waals surface area contributed by atoms with Crippen LogP contribution in [0.5, 0.6) is 5.75 Å². The Morgan fingerprint density at radius 2 is 2.17 bits per heavy atom. The molecule has 3 nitrogen and oxygen atoms in total. The molecule has 0 bridgehead atoms. The lowest BCUT2D eigenvalue weighted by molar-refractivity contribution is 0.415. The molecule has 0 N–H and O–H groups in total. The molecule has 2 heterocycles. The van der Waals surface area contributed by atoms with E-state index in [9.17, 15) is 0 Å². The number of hydrogen-bond donors (Lipinski definition) is 0. The van der Waals surface area contributed by atoms with Gasteiger partial charge in [0, 0.05) is 23.0 Å². The second kappa shape index (κ2) is 4.40. The SMILES string of the molecule is COc1ccc2c(c1)nc(-c1cc(Br)cs1)n2C. The van der Waals surface area contributed by atoms with Gasteiger partial charge >= 0.3 is 0 Å². The van der Waals surface area contributed by atoms with Crippen LogP contribution in [-0.4, -0.2) is 16.7 Å². The minimum absolute atomic E-state index is 0.833. The quantitative estimate of drug-likeness (QED) is 0.711. The van der Waals surface area contributed by atoms with E-state index in [-0.39, 0.29) is 0 Å². The third-order valence-corrected chi connectivity index (χ3v) is 4.56. The molecular weight excluding hydrogens is 312 g/mol. The van der Waals surface area contributed by atoms with Gasteiger partial charge in [-0.25, -0.2) is 4.98 Å². The molecule has 0 aliphatic carbocycles. The highest BCUT2D eigenvalue weighted by Gasteiger charge is 2.12. The Balaban J connectivity index is 2.22. The van der Waals surface area contributed by atoms with Gasteiger partial charge in [0.05, 0.1) is 23.0 Å². The molecule has 0 atom stereocenters. The van der Waals surface area contributed by atoms with Crippen molar-refractivity contribution >= 4 is 38.3 Å². The molecule has 0 saturated heterocycles. The maximum atomic E-state index is 5.23. The predicted octanol–water partition coefficient (Wildman–Crippen LogP) is 4.07. The largest absolute Gasteiger partial charge is 0.497 e. The van der Waals surface area contributed by atoms with E-state index in [1.54, 1.807) is 18.4 Å². The second-order valence-electron chi connectivity index (χ2n) is 3.98. The second-order valence-corrected chi connectivity index (χ2v) is 5.81. The highest BCUT2D eigenvalue weighted by molar-refractivity contribution is 9.10. The zero-order valence-corrected chi connectivity index (χ0v) is 12.4. The zero-order chi connectivity index (χ0) is 12.7. The van der Waals surface area contributed by atoms with Gasteiger partial charge < -0.3 is 9.30 Å². The molecular formula is C13H11BrN2OS. The van der Waals surface area contributed by atoms with E-state index in [2.05, 4.69) is 36.9 Å². The monoisotopic (exact) mass is 322 g/mol. The Labute approximate surface area is 117 Å². The summed E-state index contributed by atoms with van der Waals surface area (Å²) in [6, 6.07) is 8.04. The normalized spacial score (nSPS) is 11.1. The van der Waals surface area contributed by atoms with E-state index in [1.807, 2.05) is 25.2 Å². The van der Waals surface area contributed by atoms with Crippen molar-refractivity contribution in [1.82, 2.24) is 9.55 Å². The summed E-state index contributed by atoms with van der Waals surface area (Å²) >= 11 is 5.15. The lowest BCUT2D eigenvalue weighted by Crippen LogP contribution is -1.90. The molecule has 0 unspecified atom stereocenters. The highest BCUT2D eigenvalue weighted by atomic mass is 79.9. The summed E-state index contributed by atoms with van der Waals surface area (Å²) in [5, 5.41) is 2.06. The molecule has 0 aliphatic heterocycles. The molecule has 2 aromatic heterocycles. The van der Waals surface area contributed by atoms with Crippen LogP contribution in [0.1, 0.15) is 0 Å². The molecule has 3 rings (SSSR count). The van der Waals surface area contributed by atoms with Gasteiger partial charge in [0.15, 0.2) is 5.82 Å². The average Bonchev–Trinajstić information content (AvgIpc) is 2.93. The third-order valence-electron chi connectivity index (χ3n) is 2.88. The summed E-state index contributed by atoms with van der Waals surface area (Å²) in [5.74, 6) is 1.81. The standard InChI is InChI=1S/C13H11BrN2OS/c1-16-11-4-3-9(17-2)6-10(11)15-13(16)12-5-8(14)7-18-12/h3-7H,1-2H3. The fourth-order valence-electron chi connectivity index (χ4n) is 1.96. The lowest BCUT2D eigenvalue weighted by atomic mass is 10.3. The molecule has 18 heavy (non-hydrogen) atoms. The van der Waals surface area contributed by atoms with Crippen molar-refractivity contribution < 1.29 is 4.74 Å². The van der Waals surface area contributed by atoms with Crippen LogP contribution in [-0.2, 0) is 7.05 Å². The fraction of sp³-hybridized carbons (Fsp3) is 0.154. The van der Waals surface area contributed by atoms with Gasteiger partial charge in [-0.3, -0.25) is 0 Å². The smallest absolute Gasteiger partial charge is 0.151 e. The maximum Gasteiger partial charge on any atom is 0.151 e. The number of fused-ring (bicyclic) bond motifs is 1. The number of thiophene rings is 1. The van der Waals surface area contributed by atoms with E-state index in [0.717, 1.165) is 32.0 Å². The van der Waals surface area contributed by atoms with Crippen molar-refractivity contribution in [3.8, 4) is 16.5 Å². The number of aromatic nitrogens is 2.